The van der Waals surface area contributed by atoms with Crippen molar-refractivity contribution in [3.63, 3.8) is 0 Å². The summed E-state index contributed by atoms with van der Waals surface area (Å²) in [7, 11) is 0. The molecule has 0 aliphatic carbocycles. The molecule has 104 valence electrons. The highest BCUT2D eigenvalue weighted by atomic mass is 16.1. The Morgan fingerprint density at radius 1 is 1.29 bits per heavy atom. The highest BCUT2D eigenvalue weighted by Crippen LogP contribution is 2.12. The molecule has 1 aromatic carbocycles. The van der Waals surface area contributed by atoms with Crippen LogP contribution in [0.2, 0.25) is 0 Å². The monoisotopic (exact) mass is 277 g/mol. The number of benzene rings is 1. The standard InChI is InChI=1S/C17H15N3O/c1-13(15-7-3-2-4-8-15)20-17(21)16(11-18)10-14-6-5-9-19-12-14/h2-10,12-13H,1H3,(H,20,21)/b16-10+/t13-/m0/s1. The Kier molecular flexibility index (Phi) is 4.84. The van der Waals surface area contributed by atoms with Gasteiger partial charge < -0.3 is 5.32 Å². The molecule has 1 heterocycles. The van der Waals surface area contributed by atoms with Gasteiger partial charge in [0, 0.05) is 12.4 Å². The van der Waals surface area contributed by atoms with Crippen molar-refractivity contribution in [1.29, 1.82) is 5.26 Å². The van der Waals surface area contributed by atoms with Gasteiger partial charge >= 0.3 is 0 Å². The van der Waals surface area contributed by atoms with Gasteiger partial charge in [-0.25, -0.2) is 0 Å². The first-order valence-electron chi connectivity index (χ1n) is 6.58. The van der Waals surface area contributed by atoms with Crippen LogP contribution in [0.5, 0.6) is 0 Å². The fourth-order valence-corrected chi connectivity index (χ4v) is 1.88. The van der Waals surface area contributed by atoms with E-state index in [4.69, 9.17) is 5.26 Å². The van der Waals surface area contributed by atoms with Crippen molar-refractivity contribution in [2.75, 3.05) is 0 Å². The number of hydrogen-bond donors (Lipinski definition) is 1. The van der Waals surface area contributed by atoms with Crippen LogP contribution in [0.4, 0.5) is 0 Å². The van der Waals surface area contributed by atoms with E-state index in [9.17, 15) is 4.79 Å². The van der Waals surface area contributed by atoms with Gasteiger partial charge in [-0.2, -0.15) is 5.26 Å². The summed E-state index contributed by atoms with van der Waals surface area (Å²) in [5.74, 6) is -0.391. The third-order valence-corrected chi connectivity index (χ3v) is 3.01. The summed E-state index contributed by atoms with van der Waals surface area (Å²) in [5, 5.41) is 12.0. The molecule has 21 heavy (non-hydrogen) atoms. The first-order chi connectivity index (χ1) is 10.2. The maximum atomic E-state index is 12.1. The molecular formula is C17H15N3O. The number of nitrogens with one attached hydrogen (secondary N) is 1. The second-order valence-corrected chi connectivity index (χ2v) is 4.56. The molecule has 2 aromatic rings. The number of nitrogens with zero attached hydrogens (tertiary/aromatic N) is 2. The number of amides is 1. The van der Waals surface area contributed by atoms with Crippen molar-refractivity contribution < 1.29 is 4.79 Å². The Morgan fingerprint density at radius 3 is 2.67 bits per heavy atom. The topological polar surface area (TPSA) is 65.8 Å². The van der Waals surface area contributed by atoms with Crippen molar-refractivity contribution in [1.82, 2.24) is 10.3 Å². The Bertz CT molecular complexity index is 672. The first-order valence-corrected chi connectivity index (χ1v) is 6.58. The predicted molar refractivity (Wildman–Crippen MR) is 80.8 cm³/mol. The number of rotatable bonds is 4. The highest BCUT2D eigenvalue weighted by molar-refractivity contribution is 6.01. The molecule has 0 saturated heterocycles. The van der Waals surface area contributed by atoms with Gasteiger partial charge in [-0.3, -0.25) is 9.78 Å². The maximum Gasteiger partial charge on any atom is 0.262 e. The third-order valence-electron chi connectivity index (χ3n) is 3.01. The summed E-state index contributed by atoms with van der Waals surface area (Å²) in [6, 6.07) is 14.9. The fraction of sp³-hybridized carbons (Fsp3) is 0.118. The van der Waals surface area contributed by atoms with Gasteiger partial charge in [-0.15, -0.1) is 0 Å². The lowest BCUT2D eigenvalue weighted by molar-refractivity contribution is -0.117. The van der Waals surface area contributed by atoms with E-state index in [0.717, 1.165) is 11.1 Å². The maximum absolute atomic E-state index is 12.1. The molecule has 1 amide bonds. The highest BCUT2D eigenvalue weighted by Gasteiger charge is 2.13. The lowest BCUT2D eigenvalue weighted by atomic mass is 10.1. The van der Waals surface area contributed by atoms with Crippen molar-refractivity contribution in [3.8, 4) is 6.07 Å². The molecule has 1 aromatic heterocycles. The van der Waals surface area contributed by atoms with Gasteiger partial charge in [-0.1, -0.05) is 36.4 Å². The normalized spacial score (nSPS) is 12.3. The zero-order valence-corrected chi connectivity index (χ0v) is 11.7. The minimum atomic E-state index is -0.391. The largest absolute Gasteiger partial charge is 0.345 e. The Morgan fingerprint density at radius 2 is 2.05 bits per heavy atom. The zero-order valence-electron chi connectivity index (χ0n) is 11.7. The molecule has 0 fully saturated rings. The molecule has 0 aliphatic heterocycles. The average molecular weight is 277 g/mol. The number of carbonyl (C=O) groups is 1. The van der Waals surface area contributed by atoms with Crippen LogP contribution in [-0.2, 0) is 4.79 Å². The van der Waals surface area contributed by atoms with Crippen LogP contribution in [0, 0.1) is 11.3 Å². The Hall–Kier alpha value is -2.93. The summed E-state index contributed by atoms with van der Waals surface area (Å²) in [6.45, 7) is 1.88. The van der Waals surface area contributed by atoms with E-state index in [1.807, 2.05) is 43.3 Å². The van der Waals surface area contributed by atoms with Gasteiger partial charge in [-0.05, 0) is 30.2 Å². The predicted octanol–water partition coefficient (Wildman–Crippen LogP) is 2.87. The van der Waals surface area contributed by atoms with Gasteiger partial charge in [0.05, 0.1) is 6.04 Å². The molecule has 0 aliphatic rings. The molecule has 0 saturated carbocycles. The minimum absolute atomic E-state index is 0.0609. The van der Waals surface area contributed by atoms with Gasteiger partial charge in [0.25, 0.3) is 5.91 Å². The zero-order chi connectivity index (χ0) is 15.1. The first kappa shape index (κ1) is 14.5. The smallest absolute Gasteiger partial charge is 0.262 e. The Labute approximate surface area is 123 Å². The number of carbonyl (C=O) groups excluding carboxylic acids is 1. The van der Waals surface area contributed by atoms with E-state index >= 15 is 0 Å². The fourth-order valence-electron chi connectivity index (χ4n) is 1.88. The molecular weight excluding hydrogens is 262 g/mol. The second kappa shape index (κ2) is 7.01. The van der Waals surface area contributed by atoms with Crippen LogP contribution < -0.4 is 5.32 Å². The molecule has 1 atom stereocenters. The number of nitriles is 1. The van der Waals surface area contributed by atoms with E-state index in [1.165, 1.54) is 6.08 Å². The lowest BCUT2D eigenvalue weighted by Gasteiger charge is -2.13. The van der Waals surface area contributed by atoms with Crippen LogP contribution in [0.1, 0.15) is 24.1 Å². The second-order valence-electron chi connectivity index (χ2n) is 4.56. The van der Waals surface area contributed by atoms with Gasteiger partial charge in [0.15, 0.2) is 0 Å². The summed E-state index contributed by atoms with van der Waals surface area (Å²) in [5.41, 5.74) is 1.77. The number of aromatic nitrogens is 1. The SMILES string of the molecule is C[C@H](NC(=O)/C(C#N)=C/c1cccnc1)c1ccccc1. The molecule has 0 spiro atoms. The molecule has 4 heteroatoms. The van der Waals surface area contributed by atoms with Crippen molar-refractivity contribution >= 4 is 12.0 Å². The number of hydrogen-bond acceptors (Lipinski definition) is 3. The van der Waals surface area contributed by atoms with Gasteiger partial charge in [0.1, 0.15) is 11.6 Å². The van der Waals surface area contributed by atoms with E-state index in [1.54, 1.807) is 24.5 Å². The molecule has 0 bridgehead atoms. The van der Waals surface area contributed by atoms with E-state index in [2.05, 4.69) is 10.3 Å². The summed E-state index contributed by atoms with van der Waals surface area (Å²) < 4.78 is 0. The van der Waals surface area contributed by atoms with E-state index in [-0.39, 0.29) is 11.6 Å². The molecule has 2 rings (SSSR count). The van der Waals surface area contributed by atoms with Crippen LogP contribution in [0.25, 0.3) is 6.08 Å². The summed E-state index contributed by atoms with van der Waals surface area (Å²) in [4.78, 5) is 16.1. The molecule has 4 nitrogen and oxygen atoms in total. The molecule has 1 N–H and O–H groups in total. The van der Waals surface area contributed by atoms with Crippen LogP contribution >= 0.6 is 0 Å². The molecule has 0 unspecified atom stereocenters. The van der Waals surface area contributed by atoms with Crippen molar-refractivity contribution in [3.05, 3.63) is 71.6 Å². The quantitative estimate of drug-likeness (QED) is 0.690. The minimum Gasteiger partial charge on any atom is -0.345 e. The lowest BCUT2D eigenvalue weighted by Crippen LogP contribution is -2.27. The van der Waals surface area contributed by atoms with Crippen LogP contribution in [-0.4, -0.2) is 10.9 Å². The summed E-state index contributed by atoms with van der Waals surface area (Å²) in [6.07, 6.45) is 4.77. The van der Waals surface area contributed by atoms with Crippen LogP contribution in [0.3, 0.4) is 0 Å². The van der Waals surface area contributed by atoms with Gasteiger partial charge in [0.2, 0.25) is 0 Å². The van der Waals surface area contributed by atoms with E-state index in [0.29, 0.717) is 0 Å². The summed E-state index contributed by atoms with van der Waals surface area (Å²) >= 11 is 0. The van der Waals surface area contributed by atoms with Crippen molar-refractivity contribution in [2.24, 2.45) is 0 Å². The molecule has 0 radical (unpaired) electrons. The van der Waals surface area contributed by atoms with Crippen LogP contribution in [0.15, 0.2) is 60.4 Å². The Balaban J connectivity index is 2.11. The van der Waals surface area contributed by atoms with Crippen molar-refractivity contribution in [2.45, 2.75) is 13.0 Å². The third kappa shape index (κ3) is 4.02. The average Bonchev–Trinajstić information content (AvgIpc) is 2.54. The number of pyridine rings is 1. The van der Waals surface area contributed by atoms with E-state index < -0.39 is 5.91 Å².